The van der Waals surface area contributed by atoms with Crippen molar-refractivity contribution in [1.82, 2.24) is 0 Å². The molecule has 0 aliphatic carbocycles. The van der Waals surface area contributed by atoms with Crippen LogP contribution in [0.15, 0.2) is 36.4 Å². The first-order valence-electron chi connectivity index (χ1n) is 7.09. The Bertz CT molecular complexity index is 447. The highest BCUT2D eigenvalue weighted by Gasteiger charge is 2.22. The number of benzene rings is 1. The van der Waals surface area contributed by atoms with E-state index >= 15 is 0 Å². The molecule has 0 aliphatic rings. The van der Waals surface area contributed by atoms with Crippen molar-refractivity contribution in [2.45, 2.75) is 45.1 Å². The van der Waals surface area contributed by atoms with Crippen molar-refractivity contribution in [3.63, 3.8) is 0 Å². The molecule has 0 saturated heterocycles. The van der Waals surface area contributed by atoms with Gasteiger partial charge in [0.15, 0.2) is 0 Å². The van der Waals surface area contributed by atoms with Gasteiger partial charge < -0.3 is 9.84 Å². The highest BCUT2D eigenvalue weighted by Crippen LogP contribution is 2.24. The predicted octanol–water partition coefficient (Wildman–Crippen LogP) is 3.57. The lowest BCUT2D eigenvalue weighted by Crippen LogP contribution is -2.22. The van der Waals surface area contributed by atoms with Gasteiger partial charge in [-0.1, -0.05) is 56.5 Å². The van der Waals surface area contributed by atoms with E-state index in [1.807, 2.05) is 30.3 Å². The number of carbonyl (C=O) groups excluding carboxylic acids is 1. The first kappa shape index (κ1) is 16.4. The Morgan fingerprint density at radius 1 is 1.30 bits per heavy atom. The van der Waals surface area contributed by atoms with Crippen molar-refractivity contribution >= 4 is 11.5 Å². The van der Waals surface area contributed by atoms with Gasteiger partial charge in [0.1, 0.15) is 0 Å². The van der Waals surface area contributed by atoms with Gasteiger partial charge in [0.25, 0.3) is 0 Å². The van der Waals surface area contributed by atoms with Crippen LogP contribution in [0.3, 0.4) is 0 Å². The molecule has 110 valence electrons. The van der Waals surface area contributed by atoms with Gasteiger partial charge in [0, 0.05) is 0 Å². The number of esters is 1. The van der Waals surface area contributed by atoms with Gasteiger partial charge in [-0.3, -0.25) is 0 Å². The molecule has 1 N–H and O–H groups in total. The number of ether oxygens (including phenoxy) is 1. The summed E-state index contributed by atoms with van der Waals surface area (Å²) in [6.45, 7) is 3.85. The van der Waals surface area contributed by atoms with Crippen molar-refractivity contribution in [3.05, 3.63) is 42.0 Å². The number of hydrogen-bond acceptors (Lipinski definition) is 3. The SMILES string of the molecule is CCCCCC(C)(O)/C=C(/C(=O)OC)c1ccccc1. The standard InChI is InChI=1S/C17H24O3/c1-4-5-9-12-17(2,19)13-15(16(18)20-3)14-10-7-6-8-11-14/h6-8,10-11,13,19H,4-5,9,12H2,1-3H3/b15-13+. The monoisotopic (exact) mass is 276 g/mol. The van der Waals surface area contributed by atoms with Crippen LogP contribution in [0, 0.1) is 0 Å². The number of methoxy groups -OCH3 is 1. The summed E-state index contributed by atoms with van der Waals surface area (Å²) in [5.41, 5.74) is 0.166. The largest absolute Gasteiger partial charge is 0.465 e. The van der Waals surface area contributed by atoms with Crippen LogP contribution in [-0.2, 0) is 9.53 Å². The minimum atomic E-state index is -1.01. The van der Waals surface area contributed by atoms with Gasteiger partial charge in [-0.25, -0.2) is 4.79 Å². The molecule has 0 aliphatic heterocycles. The number of hydrogen-bond donors (Lipinski definition) is 1. The molecule has 3 heteroatoms. The summed E-state index contributed by atoms with van der Waals surface area (Å²) in [4.78, 5) is 11.9. The van der Waals surface area contributed by atoms with Gasteiger partial charge in [0.2, 0.25) is 0 Å². The zero-order chi connectivity index (χ0) is 15.0. The fraction of sp³-hybridized carbons (Fsp3) is 0.471. The zero-order valence-corrected chi connectivity index (χ0v) is 12.6. The third-order valence-electron chi connectivity index (χ3n) is 3.23. The lowest BCUT2D eigenvalue weighted by molar-refractivity contribution is -0.133. The first-order valence-corrected chi connectivity index (χ1v) is 7.09. The summed E-state index contributed by atoms with van der Waals surface area (Å²) >= 11 is 0. The summed E-state index contributed by atoms with van der Waals surface area (Å²) < 4.78 is 4.82. The van der Waals surface area contributed by atoms with Gasteiger partial charge in [-0.2, -0.15) is 0 Å². The van der Waals surface area contributed by atoms with E-state index in [2.05, 4.69) is 6.92 Å². The third-order valence-corrected chi connectivity index (χ3v) is 3.23. The maximum Gasteiger partial charge on any atom is 0.338 e. The van der Waals surface area contributed by atoms with Crippen molar-refractivity contribution in [1.29, 1.82) is 0 Å². The molecule has 0 aromatic heterocycles. The summed E-state index contributed by atoms with van der Waals surface area (Å²) in [5.74, 6) is -0.424. The molecular weight excluding hydrogens is 252 g/mol. The average Bonchev–Trinajstić information content (AvgIpc) is 2.45. The topological polar surface area (TPSA) is 46.5 Å². The van der Waals surface area contributed by atoms with Crippen LogP contribution in [0.2, 0.25) is 0 Å². The van der Waals surface area contributed by atoms with Gasteiger partial charge in [0.05, 0.1) is 18.3 Å². The second kappa shape index (κ2) is 7.85. The quantitative estimate of drug-likeness (QED) is 0.470. The van der Waals surface area contributed by atoms with E-state index in [0.29, 0.717) is 12.0 Å². The Morgan fingerprint density at radius 2 is 1.95 bits per heavy atom. The lowest BCUT2D eigenvalue weighted by Gasteiger charge is -2.20. The van der Waals surface area contributed by atoms with E-state index in [9.17, 15) is 9.90 Å². The summed E-state index contributed by atoms with van der Waals surface area (Å²) in [5, 5.41) is 10.4. The van der Waals surface area contributed by atoms with Crippen LogP contribution in [-0.4, -0.2) is 23.8 Å². The highest BCUT2D eigenvalue weighted by molar-refractivity contribution is 6.16. The molecule has 0 amide bonds. The smallest absolute Gasteiger partial charge is 0.338 e. The maximum atomic E-state index is 11.9. The number of rotatable bonds is 7. The van der Waals surface area contributed by atoms with Gasteiger partial charge >= 0.3 is 5.97 Å². The van der Waals surface area contributed by atoms with Gasteiger partial charge in [-0.05, 0) is 25.0 Å². The Kier molecular flexibility index (Phi) is 6.46. The molecule has 1 unspecified atom stereocenters. The Labute approximate surface area is 121 Å². The fourth-order valence-corrected chi connectivity index (χ4v) is 2.10. The van der Waals surface area contributed by atoms with E-state index in [1.165, 1.54) is 7.11 Å². The van der Waals surface area contributed by atoms with Crippen LogP contribution in [0.25, 0.3) is 5.57 Å². The van der Waals surface area contributed by atoms with Crippen LogP contribution >= 0.6 is 0 Å². The normalized spacial score (nSPS) is 14.7. The lowest BCUT2D eigenvalue weighted by atomic mass is 9.93. The van der Waals surface area contributed by atoms with E-state index in [1.54, 1.807) is 13.0 Å². The minimum absolute atomic E-state index is 0.412. The molecule has 3 nitrogen and oxygen atoms in total. The minimum Gasteiger partial charge on any atom is -0.465 e. The third kappa shape index (κ3) is 5.17. The van der Waals surface area contributed by atoms with Crippen molar-refractivity contribution in [3.8, 4) is 0 Å². The second-order valence-electron chi connectivity index (χ2n) is 5.23. The van der Waals surface area contributed by atoms with Crippen LogP contribution < -0.4 is 0 Å². The number of unbranched alkanes of at least 4 members (excludes halogenated alkanes) is 2. The second-order valence-corrected chi connectivity index (χ2v) is 5.23. The zero-order valence-electron chi connectivity index (χ0n) is 12.6. The van der Waals surface area contributed by atoms with E-state index in [4.69, 9.17) is 4.74 Å². The summed E-state index contributed by atoms with van der Waals surface area (Å²) in [7, 11) is 1.35. The van der Waals surface area contributed by atoms with Gasteiger partial charge in [-0.15, -0.1) is 0 Å². The van der Waals surface area contributed by atoms with Crippen LogP contribution in [0.4, 0.5) is 0 Å². The maximum absolute atomic E-state index is 11.9. The van der Waals surface area contributed by atoms with E-state index < -0.39 is 11.6 Å². The number of aliphatic hydroxyl groups is 1. The molecule has 1 rings (SSSR count). The predicted molar refractivity (Wildman–Crippen MR) is 81.2 cm³/mol. The highest BCUT2D eigenvalue weighted by atomic mass is 16.5. The molecule has 0 bridgehead atoms. The molecule has 1 atom stereocenters. The molecular formula is C17H24O3. The molecule has 0 spiro atoms. The van der Waals surface area contributed by atoms with E-state index in [0.717, 1.165) is 24.8 Å². The number of carbonyl (C=O) groups is 1. The molecule has 0 saturated carbocycles. The molecule has 1 aromatic rings. The molecule has 20 heavy (non-hydrogen) atoms. The Morgan fingerprint density at radius 3 is 2.50 bits per heavy atom. The fourth-order valence-electron chi connectivity index (χ4n) is 2.10. The van der Waals surface area contributed by atoms with Crippen LogP contribution in [0.5, 0.6) is 0 Å². The van der Waals surface area contributed by atoms with Crippen LogP contribution in [0.1, 0.15) is 45.1 Å². The first-order chi connectivity index (χ1) is 9.50. The molecule has 1 aromatic carbocycles. The Hall–Kier alpha value is -1.61. The van der Waals surface area contributed by atoms with Crippen molar-refractivity contribution in [2.24, 2.45) is 0 Å². The van der Waals surface area contributed by atoms with Crippen molar-refractivity contribution in [2.75, 3.05) is 7.11 Å². The average molecular weight is 276 g/mol. The molecule has 0 radical (unpaired) electrons. The van der Waals surface area contributed by atoms with E-state index in [-0.39, 0.29) is 0 Å². The Balaban J connectivity index is 2.98. The summed E-state index contributed by atoms with van der Waals surface area (Å²) in [6, 6.07) is 9.28. The summed E-state index contributed by atoms with van der Waals surface area (Å²) in [6.07, 6.45) is 5.35. The molecule has 0 fully saturated rings. The van der Waals surface area contributed by atoms with Crippen molar-refractivity contribution < 1.29 is 14.6 Å². The molecule has 0 heterocycles.